The molecule has 82 valence electrons. The summed E-state index contributed by atoms with van der Waals surface area (Å²) < 4.78 is 1.84. The number of aryl methyl sites for hydroxylation is 2. The normalized spacial score (nSPS) is 10.4. The van der Waals surface area contributed by atoms with Crippen molar-refractivity contribution in [1.82, 2.24) is 4.57 Å². The van der Waals surface area contributed by atoms with Crippen molar-refractivity contribution in [2.75, 3.05) is 0 Å². The number of primary amides is 1. The van der Waals surface area contributed by atoms with Crippen LogP contribution in [-0.4, -0.2) is 10.5 Å². The highest BCUT2D eigenvalue weighted by Crippen LogP contribution is 2.20. The molecule has 1 amide bonds. The summed E-state index contributed by atoms with van der Waals surface area (Å²) in [6.07, 6.45) is 1.86. The highest BCUT2D eigenvalue weighted by Gasteiger charge is 2.11. The van der Waals surface area contributed by atoms with Gasteiger partial charge in [-0.25, -0.2) is 0 Å². The fraction of sp³-hybridized carbons (Fsp3) is 0.154. The summed E-state index contributed by atoms with van der Waals surface area (Å²) in [5.41, 5.74) is 9.12. The van der Waals surface area contributed by atoms with Gasteiger partial charge < -0.3 is 10.3 Å². The second-order valence-electron chi connectivity index (χ2n) is 3.87. The third-order valence-corrected chi connectivity index (χ3v) is 2.68. The Morgan fingerprint density at radius 1 is 1.12 bits per heavy atom. The molecule has 0 aliphatic rings. The number of nitrogens with two attached hydrogens (primary N) is 1. The van der Waals surface area contributed by atoms with Gasteiger partial charge in [0.1, 0.15) is 5.69 Å². The molecule has 0 aliphatic heterocycles. The number of aromatic nitrogens is 1. The first-order chi connectivity index (χ1) is 7.61. The summed E-state index contributed by atoms with van der Waals surface area (Å²) in [4.78, 5) is 11.3. The molecule has 0 saturated heterocycles. The first kappa shape index (κ1) is 10.5. The van der Waals surface area contributed by atoms with Gasteiger partial charge in [-0.1, -0.05) is 18.2 Å². The molecule has 2 rings (SSSR count). The Morgan fingerprint density at radius 2 is 1.75 bits per heavy atom. The summed E-state index contributed by atoms with van der Waals surface area (Å²) in [6.45, 7) is 4.04. The number of carbonyl (C=O) groups is 1. The molecular formula is C13H14N2O. The van der Waals surface area contributed by atoms with E-state index < -0.39 is 5.91 Å². The van der Waals surface area contributed by atoms with Crippen LogP contribution in [0.3, 0.4) is 0 Å². The fourth-order valence-electron chi connectivity index (χ4n) is 1.96. The van der Waals surface area contributed by atoms with Gasteiger partial charge in [0.2, 0.25) is 0 Å². The molecule has 0 fully saturated rings. The van der Waals surface area contributed by atoms with E-state index in [0.29, 0.717) is 5.69 Å². The van der Waals surface area contributed by atoms with Crippen molar-refractivity contribution in [3.05, 3.63) is 53.3 Å². The molecule has 2 N–H and O–H groups in total. The molecule has 0 atom stereocenters. The van der Waals surface area contributed by atoms with Crippen molar-refractivity contribution in [3.63, 3.8) is 0 Å². The van der Waals surface area contributed by atoms with Crippen molar-refractivity contribution in [1.29, 1.82) is 0 Å². The summed E-state index contributed by atoms with van der Waals surface area (Å²) in [5, 5.41) is 0. The number of amides is 1. The Balaban J connectivity index is 2.68. The Hall–Kier alpha value is -2.03. The van der Waals surface area contributed by atoms with Gasteiger partial charge in [0, 0.05) is 6.20 Å². The minimum Gasteiger partial charge on any atom is -0.364 e. The second-order valence-corrected chi connectivity index (χ2v) is 3.87. The van der Waals surface area contributed by atoms with Crippen molar-refractivity contribution >= 4 is 5.91 Å². The largest absolute Gasteiger partial charge is 0.364 e. The molecule has 0 spiro atoms. The van der Waals surface area contributed by atoms with Gasteiger partial charge in [0.25, 0.3) is 5.91 Å². The first-order valence-electron chi connectivity index (χ1n) is 5.15. The average Bonchev–Trinajstić information content (AvgIpc) is 2.66. The van der Waals surface area contributed by atoms with Gasteiger partial charge >= 0.3 is 0 Å². The summed E-state index contributed by atoms with van der Waals surface area (Å²) in [6, 6.07) is 9.60. The van der Waals surface area contributed by atoms with Crippen LogP contribution in [0.5, 0.6) is 0 Å². The Kier molecular flexibility index (Phi) is 2.52. The molecule has 16 heavy (non-hydrogen) atoms. The summed E-state index contributed by atoms with van der Waals surface area (Å²) in [7, 11) is 0. The van der Waals surface area contributed by atoms with Gasteiger partial charge in [0.05, 0.1) is 5.69 Å². The van der Waals surface area contributed by atoms with Crippen LogP contribution in [0.2, 0.25) is 0 Å². The Bertz CT molecular complexity index is 520. The third-order valence-electron chi connectivity index (χ3n) is 2.68. The Labute approximate surface area is 94.5 Å². The van der Waals surface area contributed by atoms with Gasteiger partial charge in [-0.3, -0.25) is 4.79 Å². The highest BCUT2D eigenvalue weighted by atomic mass is 16.1. The molecule has 3 heteroatoms. The number of nitrogens with zero attached hydrogens (tertiary/aromatic N) is 1. The lowest BCUT2D eigenvalue weighted by Crippen LogP contribution is -2.16. The maximum atomic E-state index is 11.3. The number of para-hydroxylation sites is 1. The van der Waals surface area contributed by atoms with E-state index in [2.05, 4.69) is 0 Å². The average molecular weight is 214 g/mol. The molecule has 2 aromatic rings. The maximum absolute atomic E-state index is 11.3. The maximum Gasteiger partial charge on any atom is 0.265 e. The van der Waals surface area contributed by atoms with Crippen molar-refractivity contribution in [2.45, 2.75) is 13.8 Å². The fourth-order valence-corrected chi connectivity index (χ4v) is 1.96. The lowest BCUT2D eigenvalue weighted by Gasteiger charge is -2.13. The van der Waals surface area contributed by atoms with Crippen molar-refractivity contribution in [2.24, 2.45) is 5.73 Å². The standard InChI is InChI=1S/C13H14N2O/c1-9-5-3-6-10(2)12(9)15-8-4-7-11(15)13(14)16/h3-8H,1-2H3,(H2,14,16). The predicted molar refractivity (Wildman–Crippen MR) is 63.8 cm³/mol. The molecule has 1 aromatic carbocycles. The number of hydrogen-bond donors (Lipinski definition) is 1. The van der Waals surface area contributed by atoms with Gasteiger partial charge in [-0.15, -0.1) is 0 Å². The number of rotatable bonds is 2. The molecule has 1 aromatic heterocycles. The van der Waals surface area contributed by atoms with Crippen LogP contribution in [0.25, 0.3) is 5.69 Å². The lowest BCUT2D eigenvalue weighted by molar-refractivity contribution is 0.0994. The van der Waals surface area contributed by atoms with Crippen molar-refractivity contribution in [3.8, 4) is 5.69 Å². The van der Waals surface area contributed by atoms with E-state index in [1.54, 1.807) is 6.07 Å². The number of carbonyl (C=O) groups excluding carboxylic acids is 1. The van der Waals surface area contributed by atoms with Gasteiger partial charge in [0.15, 0.2) is 0 Å². The predicted octanol–water partition coefficient (Wildman–Crippen LogP) is 2.19. The number of hydrogen-bond acceptors (Lipinski definition) is 1. The highest BCUT2D eigenvalue weighted by molar-refractivity contribution is 5.92. The molecule has 0 aliphatic carbocycles. The summed E-state index contributed by atoms with van der Waals surface area (Å²) >= 11 is 0. The van der Waals surface area contributed by atoms with E-state index in [4.69, 9.17) is 5.73 Å². The molecule has 0 unspecified atom stereocenters. The molecule has 3 nitrogen and oxygen atoms in total. The second kappa shape index (κ2) is 3.85. The van der Waals surface area contributed by atoms with Gasteiger partial charge in [-0.05, 0) is 37.1 Å². The molecular weight excluding hydrogens is 200 g/mol. The first-order valence-corrected chi connectivity index (χ1v) is 5.15. The van der Waals surface area contributed by atoms with Crippen molar-refractivity contribution < 1.29 is 4.79 Å². The summed E-state index contributed by atoms with van der Waals surface area (Å²) in [5.74, 6) is -0.410. The van der Waals surface area contributed by atoms with E-state index in [1.807, 2.05) is 48.9 Å². The molecule has 0 radical (unpaired) electrons. The SMILES string of the molecule is Cc1cccc(C)c1-n1cccc1C(N)=O. The topological polar surface area (TPSA) is 48.0 Å². The van der Waals surface area contributed by atoms with E-state index in [1.165, 1.54) is 0 Å². The quantitative estimate of drug-likeness (QED) is 0.818. The monoisotopic (exact) mass is 214 g/mol. The lowest BCUT2D eigenvalue weighted by atomic mass is 10.1. The third kappa shape index (κ3) is 1.60. The van der Waals surface area contributed by atoms with E-state index >= 15 is 0 Å². The smallest absolute Gasteiger partial charge is 0.265 e. The zero-order valence-corrected chi connectivity index (χ0v) is 9.40. The van der Waals surface area contributed by atoms with Gasteiger partial charge in [-0.2, -0.15) is 0 Å². The Morgan fingerprint density at radius 3 is 2.31 bits per heavy atom. The van der Waals surface area contributed by atoms with Crippen LogP contribution < -0.4 is 5.73 Å². The van der Waals surface area contributed by atoms with Crippen LogP contribution in [-0.2, 0) is 0 Å². The zero-order valence-electron chi connectivity index (χ0n) is 9.40. The minimum absolute atomic E-state index is 0.410. The van der Waals surface area contributed by atoms with E-state index in [0.717, 1.165) is 16.8 Å². The van der Waals surface area contributed by atoms with Crippen LogP contribution in [0.4, 0.5) is 0 Å². The zero-order chi connectivity index (χ0) is 11.7. The van der Waals surface area contributed by atoms with Crippen LogP contribution in [0.15, 0.2) is 36.5 Å². The molecule has 0 bridgehead atoms. The van der Waals surface area contributed by atoms with E-state index in [9.17, 15) is 4.79 Å². The molecule has 1 heterocycles. The van der Waals surface area contributed by atoms with Crippen LogP contribution >= 0.6 is 0 Å². The number of benzene rings is 1. The van der Waals surface area contributed by atoms with Crippen LogP contribution in [0, 0.1) is 13.8 Å². The van der Waals surface area contributed by atoms with Crippen LogP contribution in [0.1, 0.15) is 21.6 Å². The minimum atomic E-state index is -0.410. The van der Waals surface area contributed by atoms with E-state index in [-0.39, 0.29) is 0 Å². The molecule has 0 saturated carbocycles.